The van der Waals surface area contributed by atoms with Crippen molar-refractivity contribution in [1.29, 1.82) is 0 Å². The van der Waals surface area contributed by atoms with Gasteiger partial charge >= 0.3 is 0 Å². The minimum atomic E-state index is -3.61. The summed E-state index contributed by atoms with van der Waals surface area (Å²) >= 11 is 0. The third-order valence-corrected chi connectivity index (χ3v) is 7.79. The number of nitrogens with zero attached hydrogens (tertiary/aromatic N) is 2. The number of carbonyl (C=O) groups is 2. The van der Waals surface area contributed by atoms with E-state index in [1.807, 2.05) is 0 Å². The Balaban J connectivity index is 1.57. The van der Waals surface area contributed by atoms with Gasteiger partial charge in [0.15, 0.2) is 0 Å². The molecule has 2 amide bonds. The third kappa shape index (κ3) is 5.16. The summed E-state index contributed by atoms with van der Waals surface area (Å²) in [5.74, 6) is -1.20. The van der Waals surface area contributed by atoms with Crippen LogP contribution in [0.1, 0.15) is 47.4 Å². The van der Waals surface area contributed by atoms with E-state index in [0.29, 0.717) is 31.5 Å². The number of amides is 2. The van der Waals surface area contributed by atoms with E-state index in [2.05, 4.69) is 5.32 Å². The van der Waals surface area contributed by atoms with Crippen LogP contribution in [0.5, 0.6) is 0 Å². The monoisotopic (exact) mass is 461 g/mol. The molecule has 1 N–H and O–H groups in total. The molecule has 32 heavy (non-hydrogen) atoms. The maximum absolute atomic E-state index is 13.9. The van der Waals surface area contributed by atoms with Crippen molar-refractivity contribution in [2.75, 3.05) is 20.1 Å². The van der Waals surface area contributed by atoms with Crippen molar-refractivity contribution in [3.8, 4) is 0 Å². The van der Waals surface area contributed by atoms with Gasteiger partial charge in [0.1, 0.15) is 5.82 Å². The number of halogens is 1. The summed E-state index contributed by atoms with van der Waals surface area (Å²) in [6, 6.07) is 11.4. The molecule has 0 radical (unpaired) electrons. The van der Waals surface area contributed by atoms with Crippen LogP contribution in [0.2, 0.25) is 0 Å². The molecule has 2 aromatic rings. The van der Waals surface area contributed by atoms with Gasteiger partial charge in [-0.15, -0.1) is 0 Å². The molecule has 0 atom stereocenters. The summed E-state index contributed by atoms with van der Waals surface area (Å²) in [5.41, 5.74) is 0.411. The van der Waals surface area contributed by atoms with Crippen molar-refractivity contribution < 1.29 is 22.4 Å². The number of piperidine rings is 1. The number of carbonyl (C=O) groups excluding carboxylic acids is 2. The van der Waals surface area contributed by atoms with E-state index in [4.69, 9.17) is 0 Å². The molecule has 1 aliphatic rings. The number of rotatable bonds is 6. The Kier molecular flexibility index (Phi) is 7.30. The summed E-state index contributed by atoms with van der Waals surface area (Å²) in [6.07, 6.45) is 1.11. The van der Waals surface area contributed by atoms with Crippen molar-refractivity contribution in [3.63, 3.8) is 0 Å². The van der Waals surface area contributed by atoms with Gasteiger partial charge in [-0.2, -0.15) is 4.31 Å². The average Bonchev–Trinajstić information content (AvgIpc) is 2.79. The molecule has 0 aromatic heterocycles. The highest BCUT2D eigenvalue weighted by molar-refractivity contribution is 7.89. The van der Waals surface area contributed by atoms with Crippen LogP contribution in [-0.2, 0) is 10.0 Å². The fourth-order valence-electron chi connectivity index (χ4n) is 3.52. The van der Waals surface area contributed by atoms with Gasteiger partial charge in [-0.3, -0.25) is 9.59 Å². The summed E-state index contributed by atoms with van der Waals surface area (Å²) in [6.45, 7) is 4.40. The van der Waals surface area contributed by atoms with Gasteiger partial charge < -0.3 is 10.2 Å². The van der Waals surface area contributed by atoms with Gasteiger partial charge in [0.25, 0.3) is 11.8 Å². The fraction of sp³-hybridized carbons (Fsp3) is 0.391. The second kappa shape index (κ2) is 9.79. The van der Waals surface area contributed by atoms with E-state index < -0.39 is 15.8 Å². The minimum Gasteiger partial charge on any atom is -0.349 e. The zero-order valence-corrected chi connectivity index (χ0v) is 19.2. The molecule has 1 aliphatic heterocycles. The molecule has 0 spiro atoms. The average molecular weight is 462 g/mol. The molecule has 0 bridgehead atoms. The molecule has 1 saturated heterocycles. The number of nitrogens with one attached hydrogen (secondary N) is 1. The number of hydrogen-bond donors (Lipinski definition) is 1. The van der Waals surface area contributed by atoms with Crippen LogP contribution in [0.3, 0.4) is 0 Å². The van der Waals surface area contributed by atoms with Crippen LogP contribution < -0.4 is 5.32 Å². The SMILES string of the molecule is CC(C)N(C)S(=O)(=O)c1ccc(C(=O)NC2CCN(C(=O)c3ccccc3F)CC2)cc1. The third-order valence-electron chi connectivity index (χ3n) is 5.74. The van der Waals surface area contributed by atoms with Crippen LogP contribution in [-0.4, -0.2) is 61.7 Å². The lowest BCUT2D eigenvalue weighted by atomic mass is 10.0. The maximum atomic E-state index is 13.9. The van der Waals surface area contributed by atoms with Crippen LogP contribution in [0, 0.1) is 5.82 Å². The molecule has 1 heterocycles. The normalized spacial score (nSPS) is 15.2. The smallest absolute Gasteiger partial charge is 0.256 e. The molecule has 7 nitrogen and oxygen atoms in total. The molecular formula is C23H28FN3O4S. The number of benzene rings is 2. The van der Waals surface area contributed by atoms with Crippen molar-refractivity contribution in [3.05, 3.63) is 65.5 Å². The summed E-state index contributed by atoms with van der Waals surface area (Å²) in [7, 11) is -2.09. The highest BCUT2D eigenvalue weighted by atomic mass is 32.2. The molecule has 0 unspecified atom stereocenters. The molecule has 2 aromatic carbocycles. The second-order valence-corrected chi connectivity index (χ2v) is 10.2. The molecule has 9 heteroatoms. The van der Waals surface area contributed by atoms with E-state index in [9.17, 15) is 22.4 Å². The summed E-state index contributed by atoms with van der Waals surface area (Å²) in [5, 5.41) is 2.93. The van der Waals surface area contributed by atoms with Gasteiger partial charge in [0.2, 0.25) is 10.0 Å². The van der Waals surface area contributed by atoms with Gasteiger partial charge in [0.05, 0.1) is 10.5 Å². The Labute approximate surface area is 188 Å². The molecular weight excluding hydrogens is 433 g/mol. The van der Waals surface area contributed by atoms with E-state index >= 15 is 0 Å². The van der Waals surface area contributed by atoms with E-state index in [-0.39, 0.29) is 34.4 Å². The lowest BCUT2D eigenvalue weighted by Crippen LogP contribution is -2.46. The quantitative estimate of drug-likeness (QED) is 0.717. The number of hydrogen-bond acceptors (Lipinski definition) is 4. The first-order valence-corrected chi connectivity index (χ1v) is 12.0. The molecule has 1 fully saturated rings. The number of sulfonamides is 1. The molecule has 0 aliphatic carbocycles. The predicted octanol–water partition coefficient (Wildman–Crippen LogP) is 2.89. The summed E-state index contributed by atoms with van der Waals surface area (Å²) in [4.78, 5) is 26.8. The van der Waals surface area contributed by atoms with Gasteiger partial charge in [0, 0.05) is 37.8 Å². The Morgan fingerprint density at radius 1 is 1.06 bits per heavy atom. The summed E-state index contributed by atoms with van der Waals surface area (Å²) < 4.78 is 40.2. The Morgan fingerprint density at radius 3 is 2.22 bits per heavy atom. The Bertz CT molecular complexity index is 1080. The van der Waals surface area contributed by atoms with Crippen molar-refractivity contribution in [2.24, 2.45) is 0 Å². The van der Waals surface area contributed by atoms with Gasteiger partial charge in [-0.25, -0.2) is 12.8 Å². The number of likely N-dealkylation sites (tertiary alicyclic amines) is 1. The lowest BCUT2D eigenvalue weighted by molar-refractivity contribution is 0.0693. The highest BCUT2D eigenvalue weighted by Crippen LogP contribution is 2.19. The zero-order chi connectivity index (χ0) is 23.5. The fourth-order valence-corrected chi connectivity index (χ4v) is 4.89. The first-order valence-electron chi connectivity index (χ1n) is 10.5. The first-order chi connectivity index (χ1) is 15.1. The van der Waals surface area contributed by atoms with Crippen molar-refractivity contribution in [2.45, 2.75) is 43.7 Å². The van der Waals surface area contributed by atoms with E-state index in [0.717, 1.165) is 0 Å². The largest absolute Gasteiger partial charge is 0.349 e. The first kappa shape index (κ1) is 23.9. The zero-order valence-electron chi connectivity index (χ0n) is 18.4. The van der Waals surface area contributed by atoms with Gasteiger partial charge in [-0.05, 0) is 63.1 Å². The van der Waals surface area contributed by atoms with Crippen LogP contribution >= 0.6 is 0 Å². The second-order valence-electron chi connectivity index (χ2n) is 8.16. The maximum Gasteiger partial charge on any atom is 0.256 e. The topological polar surface area (TPSA) is 86.8 Å². The molecule has 0 saturated carbocycles. The van der Waals surface area contributed by atoms with E-state index in [1.54, 1.807) is 30.9 Å². The Morgan fingerprint density at radius 2 is 1.66 bits per heavy atom. The highest BCUT2D eigenvalue weighted by Gasteiger charge is 2.27. The predicted molar refractivity (Wildman–Crippen MR) is 119 cm³/mol. The van der Waals surface area contributed by atoms with Crippen molar-refractivity contribution in [1.82, 2.24) is 14.5 Å². The Hall–Kier alpha value is -2.78. The van der Waals surface area contributed by atoms with Crippen LogP contribution in [0.25, 0.3) is 0 Å². The lowest BCUT2D eigenvalue weighted by Gasteiger charge is -2.32. The molecule has 172 valence electrons. The van der Waals surface area contributed by atoms with Crippen LogP contribution in [0.4, 0.5) is 4.39 Å². The van der Waals surface area contributed by atoms with Crippen molar-refractivity contribution >= 4 is 21.8 Å². The standard InChI is InChI=1S/C23H28FN3O4S/c1-16(2)26(3)32(30,31)19-10-8-17(9-11-19)22(28)25-18-12-14-27(15-13-18)23(29)20-6-4-5-7-21(20)24/h4-11,16,18H,12-15H2,1-3H3,(H,25,28). The van der Waals surface area contributed by atoms with Crippen LogP contribution in [0.15, 0.2) is 53.4 Å². The minimum absolute atomic E-state index is 0.0492. The molecule has 3 rings (SSSR count). The van der Waals surface area contributed by atoms with Gasteiger partial charge in [-0.1, -0.05) is 12.1 Å². The van der Waals surface area contributed by atoms with E-state index in [1.165, 1.54) is 47.8 Å².